The molecule has 16 heavy (non-hydrogen) atoms. The van der Waals surface area contributed by atoms with Gasteiger partial charge in [0.1, 0.15) is 0 Å². The van der Waals surface area contributed by atoms with Gasteiger partial charge in [-0.3, -0.25) is 0 Å². The van der Waals surface area contributed by atoms with Gasteiger partial charge in [0, 0.05) is 18.3 Å². The van der Waals surface area contributed by atoms with E-state index in [1.165, 1.54) is 50.0 Å². The Balaban J connectivity index is 1.76. The maximum Gasteiger partial charge on any atom is 0.0928 e. The van der Waals surface area contributed by atoms with Gasteiger partial charge in [0.05, 0.1) is 12.2 Å². The number of thioether (sulfide) groups is 1. The van der Waals surface area contributed by atoms with Crippen LogP contribution in [0.4, 0.5) is 0 Å². The molecule has 2 saturated heterocycles. The molecule has 1 saturated carbocycles. The number of hydrogen-bond donors (Lipinski definition) is 1. The van der Waals surface area contributed by atoms with Crippen molar-refractivity contribution in [2.24, 2.45) is 5.92 Å². The molecular weight excluding hydrogens is 218 g/mol. The smallest absolute Gasteiger partial charge is 0.0928 e. The highest BCUT2D eigenvalue weighted by molar-refractivity contribution is 7.99. The van der Waals surface area contributed by atoms with Gasteiger partial charge in [0.25, 0.3) is 0 Å². The third kappa shape index (κ3) is 2.02. The van der Waals surface area contributed by atoms with E-state index >= 15 is 0 Å². The largest absolute Gasteiger partial charge is 0.371 e. The average Bonchev–Trinajstić information content (AvgIpc) is 2.84. The van der Waals surface area contributed by atoms with Crippen molar-refractivity contribution >= 4 is 11.8 Å². The van der Waals surface area contributed by atoms with Crippen LogP contribution in [0.5, 0.6) is 0 Å². The lowest BCUT2D eigenvalue weighted by Gasteiger charge is -2.49. The fraction of sp³-hybridized carbons (Fsp3) is 1.00. The minimum Gasteiger partial charge on any atom is -0.371 e. The monoisotopic (exact) mass is 241 g/mol. The van der Waals surface area contributed by atoms with Crippen LogP contribution in [-0.2, 0) is 4.74 Å². The van der Waals surface area contributed by atoms with Gasteiger partial charge in [0.2, 0.25) is 0 Å². The van der Waals surface area contributed by atoms with E-state index in [2.05, 4.69) is 17.1 Å². The van der Waals surface area contributed by atoms with Gasteiger partial charge in [-0.05, 0) is 37.4 Å². The second-order valence-corrected chi connectivity index (χ2v) is 6.65. The molecule has 92 valence electrons. The quantitative estimate of drug-likeness (QED) is 0.762. The normalized spacial score (nSPS) is 41.6. The number of ether oxygens (including phenoxy) is 1. The molecule has 2 heterocycles. The van der Waals surface area contributed by atoms with Crippen molar-refractivity contribution in [2.75, 3.05) is 24.7 Å². The molecule has 0 aromatic rings. The second-order valence-electron chi connectivity index (χ2n) is 5.55. The summed E-state index contributed by atoms with van der Waals surface area (Å²) in [7, 11) is 0. The van der Waals surface area contributed by atoms with Crippen molar-refractivity contribution in [3.8, 4) is 0 Å². The predicted octanol–water partition coefficient (Wildman–Crippen LogP) is 2.43. The molecule has 2 nitrogen and oxygen atoms in total. The van der Waals surface area contributed by atoms with E-state index in [1.54, 1.807) is 0 Å². The van der Waals surface area contributed by atoms with Crippen LogP contribution >= 0.6 is 11.8 Å². The topological polar surface area (TPSA) is 21.3 Å². The Morgan fingerprint density at radius 3 is 2.81 bits per heavy atom. The Kier molecular flexibility index (Phi) is 3.46. The maximum atomic E-state index is 6.25. The highest BCUT2D eigenvalue weighted by Crippen LogP contribution is 2.41. The van der Waals surface area contributed by atoms with Crippen LogP contribution in [0.1, 0.15) is 38.5 Å². The third-order valence-corrected chi connectivity index (χ3v) is 5.80. The molecule has 0 aromatic heterocycles. The summed E-state index contributed by atoms with van der Waals surface area (Å²) in [6, 6.07) is 0.650. The van der Waals surface area contributed by atoms with Gasteiger partial charge in [-0.25, -0.2) is 0 Å². The van der Waals surface area contributed by atoms with Gasteiger partial charge in [-0.2, -0.15) is 11.8 Å². The minimum absolute atomic E-state index is 0.191. The molecule has 2 aliphatic heterocycles. The summed E-state index contributed by atoms with van der Waals surface area (Å²) in [6.45, 7) is 1.98. The Bertz CT molecular complexity index is 226. The maximum absolute atomic E-state index is 6.25. The molecule has 3 heteroatoms. The van der Waals surface area contributed by atoms with Crippen molar-refractivity contribution in [1.82, 2.24) is 5.32 Å². The summed E-state index contributed by atoms with van der Waals surface area (Å²) in [6.07, 6.45) is 8.35. The van der Waals surface area contributed by atoms with E-state index in [-0.39, 0.29) is 5.60 Å². The van der Waals surface area contributed by atoms with E-state index < -0.39 is 0 Å². The Labute approximate surface area is 103 Å². The zero-order chi connectivity index (χ0) is 10.8. The molecule has 0 bridgehead atoms. The molecule has 0 radical (unpaired) electrons. The Morgan fingerprint density at radius 2 is 2.06 bits per heavy atom. The van der Waals surface area contributed by atoms with Crippen LogP contribution in [0.3, 0.4) is 0 Å². The van der Waals surface area contributed by atoms with Crippen molar-refractivity contribution < 1.29 is 4.74 Å². The molecule has 1 N–H and O–H groups in total. The predicted molar refractivity (Wildman–Crippen MR) is 69.0 cm³/mol. The number of morpholine rings is 1. The van der Waals surface area contributed by atoms with Crippen molar-refractivity contribution in [3.05, 3.63) is 0 Å². The summed E-state index contributed by atoms with van der Waals surface area (Å²) in [5.41, 5.74) is 0.191. The minimum atomic E-state index is 0.191. The van der Waals surface area contributed by atoms with Crippen LogP contribution in [0.25, 0.3) is 0 Å². The standard InChI is InChI=1S/C13H23NOS/c1-2-5-11(4-1)12-13(15-8-7-14-12)6-3-9-16-10-13/h11-12,14H,1-10H2. The van der Waals surface area contributed by atoms with Crippen molar-refractivity contribution in [1.29, 1.82) is 0 Å². The highest BCUT2D eigenvalue weighted by atomic mass is 32.2. The van der Waals surface area contributed by atoms with Gasteiger partial charge >= 0.3 is 0 Å². The van der Waals surface area contributed by atoms with Crippen LogP contribution in [-0.4, -0.2) is 36.3 Å². The summed E-state index contributed by atoms with van der Waals surface area (Å²) >= 11 is 2.10. The van der Waals surface area contributed by atoms with Crippen LogP contribution in [0, 0.1) is 5.92 Å². The average molecular weight is 241 g/mol. The summed E-state index contributed by atoms with van der Waals surface area (Å²) < 4.78 is 6.25. The first-order valence-electron chi connectivity index (χ1n) is 6.86. The molecule has 3 rings (SSSR count). The SMILES string of the molecule is C1CCC(C2NCCOC23CCCSC3)C1. The lowest BCUT2D eigenvalue weighted by molar-refractivity contribution is -0.101. The van der Waals surface area contributed by atoms with E-state index in [9.17, 15) is 0 Å². The molecule has 0 amide bonds. The fourth-order valence-corrected chi connectivity index (χ4v) is 5.03. The lowest BCUT2D eigenvalue weighted by Crippen LogP contribution is -2.63. The molecule has 3 fully saturated rings. The summed E-state index contributed by atoms with van der Waals surface area (Å²) in [5, 5.41) is 3.78. The van der Waals surface area contributed by atoms with Crippen LogP contribution < -0.4 is 5.32 Å². The fourth-order valence-electron chi connectivity index (χ4n) is 3.78. The van der Waals surface area contributed by atoms with Gasteiger partial charge in [0.15, 0.2) is 0 Å². The highest BCUT2D eigenvalue weighted by Gasteiger charge is 2.46. The van der Waals surface area contributed by atoms with E-state index in [0.29, 0.717) is 6.04 Å². The van der Waals surface area contributed by atoms with Gasteiger partial charge in [-0.15, -0.1) is 0 Å². The zero-order valence-electron chi connectivity index (χ0n) is 10.0. The van der Waals surface area contributed by atoms with E-state index in [0.717, 1.165) is 19.1 Å². The third-order valence-electron chi connectivity index (χ3n) is 4.53. The van der Waals surface area contributed by atoms with Crippen molar-refractivity contribution in [3.63, 3.8) is 0 Å². The molecule has 2 atom stereocenters. The molecule has 1 aliphatic carbocycles. The number of nitrogens with one attached hydrogen (secondary N) is 1. The van der Waals surface area contributed by atoms with Crippen LogP contribution in [0.15, 0.2) is 0 Å². The summed E-state index contributed by atoms with van der Waals surface area (Å²) in [5.74, 6) is 3.45. The Morgan fingerprint density at radius 1 is 1.19 bits per heavy atom. The molecular formula is C13H23NOS. The second kappa shape index (κ2) is 4.87. The molecule has 3 aliphatic rings. The lowest BCUT2D eigenvalue weighted by atomic mass is 9.80. The first kappa shape index (κ1) is 11.4. The molecule has 0 aromatic carbocycles. The molecule has 2 unspecified atom stereocenters. The number of hydrogen-bond acceptors (Lipinski definition) is 3. The Hall–Kier alpha value is 0.270. The first-order valence-corrected chi connectivity index (χ1v) is 8.01. The van der Waals surface area contributed by atoms with E-state index in [1.807, 2.05) is 0 Å². The number of rotatable bonds is 1. The van der Waals surface area contributed by atoms with Crippen molar-refractivity contribution in [2.45, 2.75) is 50.2 Å². The molecule has 1 spiro atoms. The van der Waals surface area contributed by atoms with Crippen LogP contribution in [0.2, 0.25) is 0 Å². The van der Waals surface area contributed by atoms with E-state index in [4.69, 9.17) is 4.74 Å². The first-order chi connectivity index (χ1) is 7.91. The zero-order valence-corrected chi connectivity index (χ0v) is 10.9. The van der Waals surface area contributed by atoms with Gasteiger partial charge in [-0.1, -0.05) is 12.8 Å². The summed E-state index contributed by atoms with van der Waals surface area (Å²) in [4.78, 5) is 0. The van der Waals surface area contributed by atoms with Gasteiger partial charge < -0.3 is 10.1 Å².